The molecule has 1 fully saturated rings. The van der Waals surface area contributed by atoms with Crippen molar-refractivity contribution in [2.45, 2.75) is 46.3 Å². The van der Waals surface area contributed by atoms with Crippen molar-refractivity contribution in [3.05, 3.63) is 33.4 Å². The second-order valence-corrected chi connectivity index (χ2v) is 5.84. The molecule has 0 bridgehead atoms. The molecule has 0 aliphatic heterocycles. The van der Waals surface area contributed by atoms with Crippen LogP contribution in [-0.4, -0.2) is 22.2 Å². The van der Waals surface area contributed by atoms with E-state index in [9.17, 15) is 15.2 Å². The van der Waals surface area contributed by atoms with Crippen LogP contribution in [0.5, 0.6) is 5.75 Å². The van der Waals surface area contributed by atoms with Crippen molar-refractivity contribution in [1.29, 1.82) is 0 Å². The average molecular weight is 265 g/mol. The highest BCUT2D eigenvalue weighted by molar-refractivity contribution is 5.49. The van der Waals surface area contributed by atoms with Crippen molar-refractivity contribution >= 4 is 5.69 Å². The zero-order valence-corrected chi connectivity index (χ0v) is 11.6. The minimum atomic E-state index is -0.400. The second kappa shape index (κ2) is 4.49. The van der Waals surface area contributed by atoms with Crippen LogP contribution in [0.1, 0.15) is 31.4 Å². The molecule has 0 aromatic heterocycles. The van der Waals surface area contributed by atoms with Gasteiger partial charge in [0, 0.05) is 17.4 Å². The highest BCUT2D eigenvalue weighted by atomic mass is 16.6. The predicted molar refractivity (Wildman–Crippen MR) is 71.4 cm³/mol. The monoisotopic (exact) mass is 265 g/mol. The lowest BCUT2D eigenvalue weighted by Crippen LogP contribution is -2.56. The fourth-order valence-electron chi connectivity index (χ4n) is 2.36. The van der Waals surface area contributed by atoms with E-state index in [1.54, 1.807) is 13.0 Å². The van der Waals surface area contributed by atoms with Gasteiger partial charge in [-0.3, -0.25) is 10.1 Å². The second-order valence-electron chi connectivity index (χ2n) is 5.84. The summed E-state index contributed by atoms with van der Waals surface area (Å²) in [6.45, 7) is 7.45. The maximum Gasteiger partial charge on any atom is 0.276 e. The number of nitrogens with zero attached hydrogens (tertiary/aromatic N) is 1. The van der Waals surface area contributed by atoms with Crippen LogP contribution < -0.4 is 4.74 Å². The molecule has 5 heteroatoms. The molecule has 2 atom stereocenters. The maximum atomic E-state index is 10.9. The molecule has 1 aliphatic rings. The smallest absolute Gasteiger partial charge is 0.276 e. The van der Waals surface area contributed by atoms with Crippen molar-refractivity contribution in [3.63, 3.8) is 0 Å². The topological polar surface area (TPSA) is 72.6 Å². The van der Waals surface area contributed by atoms with E-state index in [4.69, 9.17) is 4.74 Å². The molecule has 5 nitrogen and oxygen atoms in total. The molecule has 0 radical (unpaired) electrons. The third-order valence-electron chi connectivity index (χ3n) is 4.09. The van der Waals surface area contributed by atoms with Crippen molar-refractivity contribution < 1.29 is 14.8 Å². The molecular formula is C14H19NO4. The Hall–Kier alpha value is -1.62. The van der Waals surface area contributed by atoms with Crippen LogP contribution in [0, 0.1) is 29.4 Å². The molecule has 1 saturated carbocycles. The molecule has 2 rings (SSSR count). The third kappa shape index (κ3) is 2.30. The van der Waals surface area contributed by atoms with Gasteiger partial charge in [-0.05, 0) is 25.5 Å². The quantitative estimate of drug-likeness (QED) is 0.673. The number of nitro benzene ring substituents is 1. The van der Waals surface area contributed by atoms with Gasteiger partial charge < -0.3 is 9.84 Å². The molecule has 1 aliphatic carbocycles. The minimum absolute atomic E-state index is 0.0679. The standard InChI is InChI=1S/C14H19NO4/c1-8-5-9(2)11(6-10(8)15(17)18)19-13-7-12(16)14(13,3)4/h5-6,12-13,16H,7H2,1-4H3. The van der Waals surface area contributed by atoms with Crippen molar-refractivity contribution in [3.8, 4) is 5.75 Å². The zero-order chi connectivity index (χ0) is 14.4. The summed E-state index contributed by atoms with van der Waals surface area (Å²) in [4.78, 5) is 10.5. The van der Waals surface area contributed by atoms with Crippen LogP contribution in [0.3, 0.4) is 0 Å². The number of aliphatic hydroxyl groups is 1. The fraction of sp³-hybridized carbons (Fsp3) is 0.571. The van der Waals surface area contributed by atoms with Gasteiger partial charge in [0.2, 0.25) is 0 Å². The Bertz CT molecular complexity index is 524. The highest BCUT2D eigenvalue weighted by Crippen LogP contribution is 2.44. The van der Waals surface area contributed by atoms with Gasteiger partial charge in [-0.15, -0.1) is 0 Å². The highest BCUT2D eigenvalue weighted by Gasteiger charge is 2.49. The van der Waals surface area contributed by atoms with Crippen LogP contribution in [0.15, 0.2) is 12.1 Å². The van der Waals surface area contributed by atoms with Crippen LogP contribution in [0.2, 0.25) is 0 Å². The van der Waals surface area contributed by atoms with Crippen molar-refractivity contribution in [2.75, 3.05) is 0 Å². The molecule has 1 N–H and O–H groups in total. The fourth-order valence-corrected chi connectivity index (χ4v) is 2.36. The average Bonchev–Trinajstić information content (AvgIpc) is 2.31. The Balaban J connectivity index is 2.26. The molecule has 0 saturated heterocycles. The lowest BCUT2D eigenvalue weighted by Gasteiger charge is -2.48. The van der Waals surface area contributed by atoms with Crippen LogP contribution in [0.4, 0.5) is 5.69 Å². The normalized spacial score (nSPS) is 24.7. The summed E-state index contributed by atoms with van der Waals surface area (Å²) >= 11 is 0. The zero-order valence-electron chi connectivity index (χ0n) is 11.6. The molecule has 1 aromatic rings. The Labute approximate surface area is 112 Å². The van der Waals surface area contributed by atoms with E-state index in [0.717, 1.165) is 5.56 Å². The Morgan fingerprint density at radius 1 is 1.37 bits per heavy atom. The molecule has 0 heterocycles. The molecule has 0 spiro atoms. The number of rotatable bonds is 3. The van der Waals surface area contributed by atoms with Crippen molar-refractivity contribution in [2.24, 2.45) is 5.41 Å². The molecular weight excluding hydrogens is 246 g/mol. The van der Waals surface area contributed by atoms with Gasteiger partial charge in [-0.25, -0.2) is 0 Å². The summed E-state index contributed by atoms with van der Waals surface area (Å²) in [5, 5.41) is 20.6. The first kappa shape index (κ1) is 13.8. The molecule has 2 unspecified atom stereocenters. The van der Waals surface area contributed by atoms with Gasteiger partial charge in [-0.2, -0.15) is 0 Å². The van der Waals surface area contributed by atoms with E-state index >= 15 is 0 Å². The van der Waals surface area contributed by atoms with Gasteiger partial charge in [0.1, 0.15) is 11.9 Å². The largest absolute Gasteiger partial charge is 0.489 e. The minimum Gasteiger partial charge on any atom is -0.489 e. The first-order valence-electron chi connectivity index (χ1n) is 6.34. The van der Waals surface area contributed by atoms with Crippen molar-refractivity contribution in [1.82, 2.24) is 0 Å². The van der Waals surface area contributed by atoms with Gasteiger partial charge in [0.25, 0.3) is 5.69 Å². The van der Waals surface area contributed by atoms with Crippen LogP contribution in [-0.2, 0) is 0 Å². The summed E-state index contributed by atoms with van der Waals surface area (Å²) < 4.78 is 5.85. The summed E-state index contributed by atoms with van der Waals surface area (Å²) in [6.07, 6.45) is 0.0791. The predicted octanol–water partition coefficient (Wildman–Crippen LogP) is 2.75. The summed E-state index contributed by atoms with van der Waals surface area (Å²) in [5.41, 5.74) is 1.26. The maximum absolute atomic E-state index is 10.9. The number of nitro groups is 1. The number of aryl methyl sites for hydroxylation is 2. The molecule has 0 amide bonds. The van der Waals surface area contributed by atoms with E-state index in [1.807, 2.05) is 20.8 Å². The van der Waals surface area contributed by atoms with Gasteiger partial charge in [0.15, 0.2) is 0 Å². The number of aliphatic hydroxyl groups excluding tert-OH is 1. The summed E-state index contributed by atoms with van der Waals surface area (Å²) in [5.74, 6) is 0.530. The number of hydrogen-bond donors (Lipinski definition) is 1. The van der Waals surface area contributed by atoms with Gasteiger partial charge in [-0.1, -0.05) is 13.8 Å². The number of benzene rings is 1. The Morgan fingerprint density at radius 2 is 2.00 bits per heavy atom. The number of hydrogen-bond acceptors (Lipinski definition) is 4. The third-order valence-corrected chi connectivity index (χ3v) is 4.09. The number of ether oxygens (including phenoxy) is 1. The molecule has 1 aromatic carbocycles. The van der Waals surface area contributed by atoms with E-state index in [1.165, 1.54) is 6.07 Å². The van der Waals surface area contributed by atoms with Gasteiger partial charge in [0.05, 0.1) is 17.1 Å². The Morgan fingerprint density at radius 3 is 2.47 bits per heavy atom. The first-order valence-corrected chi connectivity index (χ1v) is 6.34. The van der Waals surface area contributed by atoms with Crippen LogP contribution >= 0.6 is 0 Å². The summed E-state index contributed by atoms with van der Waals surface area (Å²) in [7, 11) is 0. The van der Waals surface area contributed by atoms with Crippen LogP contribution in [0.25, 0.3) is 0 Å². The SMILES string of the molecule is Cc1cc(C)c([N+](=O)[O-])cc1OC1CC(O)C1(C)C. The van der Waals surface area contributed by atoms with E-state index < -0.39 is 4.92 Å². The Kier molecular flexibility index (Phi) is 3.26. The molecule has 104 valence electrons. The molecule has 19 heavy (non-hydrogen) atoms. The van der Waals surface area contributed by atoms with E-state index in [-0.39, 0.29) is 23.3 Å². The summed E-state index contributed by atoms with van der Waals surface area (Å²) in [6, 6.07) is 3.24. The first-order chi connectivity index (χ1) is 8.73. The van der Waals surface area contributed by atoms with Gasteiger partial charge >= 0.3 is 0 Å². The van der Waals surface area contributed by atoms with E-state index in [0.29, 0.717) is 17.7 Å². The van der Waals surface area contributed by atoms with E-state index in [2.05, 4.69) is 0 Å². The lowest BCUT2D eigenvalue weighted by atomic mass is 9.66. The lowest BCUT2D eigenvalue weighted by molar-refractivity contribution is -0.385.